The van der Waals surface area contributed by atoms with E-state index < -0.39 is 22.0 Å². The van der Waals surface area contributed by atoms with Gasteiger partial charge in [0, 0.05) is 16.9 Å². The van der Waals surface area contributed by atoms with Gasteiger partial charge in [-0.25, -0.2) is 12.7 Å². The van der Waals surface area contributed by atoms with Crippen molar-refractivity contribution in [3.8, 4) is 0 Å². The molecule has 21 heavy (non-hydrogen) atoms. The highest BCUT2D eigenvalue weighted by Crippen LogP contribution is 2.37. The third-order valence-electron chi connectivity index (χ3n) is 4.24. The van der Waals surface area contributed by atoms with Gasteiger partial charge in [0.15, 0.2) is 0 Å². The lowest BCUT2D eigenvalue weighted by atomic mass is 9.86. The van der Waals surface area contributed by atoms with Crippen LogP contribution in [-0.4, -0.2) is 36.4 Å². The van der Waals surface area contributed by atoms with Gasteiger partial charge in [-0.2, -0.15) is 0 Å². The number of benzene rings is 1. The van der Waals surface area contributed by atoms with Crippen molar-refractivity contribution in [1.29, 1.82) is 0 Å². The maximum Gasteiger partial charge on any atom is 0.269 e. The second-order valence-electron chi connectivity index (χ2n) is 5.57. The molecule has 5 nitrogen and oxygen atoms in total. The van der Waals surface area contributed by atoms with Crippen LogP contribution in [0.3, 0.4) is 0 Å². The van der Waals surface area contributed by atoms with Crippen LogP contribution in [0.15, 0.2) is 27.6 Å². The molecular formula is C14H16BrNO4S. The molecule has 1 aromatic rings. The maximum atomic E-state index is 12.6. The van der Waals surface area contributed by atoms with E-state index in [-0.39, 0.29) is 22.9 Å². The average molecular weight is 374 g/mol. The highest BCUT2D eigenvalue weighted by Gasteiger charge is 2.44. The Morgan fingerprint density at radius 2 is 2.00 bits per heavy atom. The van der Waals surface area contributed by atoms with Gasteiger partial charge in [0.25, 0.3) is 15.9 Å². The molecule has 2 atom stereocenters. The number of sulfonamides is 1. The normalized spacial score (nSPS) is 27.7. The van der Waals surface area contributed by atoms with Crippen LogP contribution in [0.2, 0.25) is 0 Å². The predicted molar refractivity (Wildman–Crippen MR) is 80.3 cm³/mol. The van der Waals surface area contributed by atoms with Crippen molar-refractivity contribution in [2.24, 2.45) is 5.92 Å². The first-order valence-corrected chi connectivity index (χ1v) is 9.20. The summed E-state index contributed by atoms with van der Waals surface area (Å²) < 4.78 is 26.5. The van der Waals surface area contributed by atoms with E-state index in [9.17, 15) is 18.3 Å². The van der Waals surface area contributed by atoms with Crippen molar-refractivity contribution in [3.05, 3.63) is 28.2 Å². The lowest BCUT2D eigenvalue weighted by Gasteiger charge is -2.30. The first-order chi connectivity index (χ1) is 9.93. The summed E-state index contributed by atoms with van der Waals surface area (Å²) in [5, 5.41) is 10.0. The Morgan fingerprint density at radius 1 is 1.29 bits per heavy atom. The summed E-state index contributed by atoms with van der Waals surface area (Å²) in [5.41, 5.74) is 0.203. The molecule has 1 amide bonds. The van der Waals surface area contributed by atoms with Crippen LogP contribution in [-0.2, 0) is 10.0 Å². The largest absolute Gasteiger partial charge is 0.393 e. The summed E-state index contributed by atoms with van der Waals surface area (Å²) in [5.74, 6) is -0.672. The minimum Gasteiger partial charge on any atom is -0.393 e. The molecule has 1 aliphatic heterocycles. The van der Waals surface area contributed by atoms with Gasteiger partial charge in [0.05, 0.1) is 11.7 Å². The van der Waals surface area contributed by atoms with Gasteiger partial charge in [-0.05, 0) is 40.9 Å². The van der Waals surface area contributed by atoms with Crippen LogP contribution < -0.4 is 0 Å². The number of amides is 1. The maximum absolute atomic E-state index is 12.6. The van der Waals surface area contributed by atoms with E-state index in [1.54, 1.807) is 12.1 Å². The molecule has 0 aromatic heterocycles. The van der Waals surface area contributed by atoms with E-state index in [4.69, 9.17) is 0 Å². The molecule has 1 saturated carbocycles. The SMILES string of the molecule is O=C1c2cccc(Br)c2S(=O)(=O)N1CC1CCCCC1O. The zero-order valence-corrected chi connectivity index (χ0v) is 13.7. The van der Waals surface area contributed by atoms with E-state index in [1.807, 2.05) is 0 Å². The lowest BCUT2D eigenvalue weighted by Crippen LogP contribution is -2.40. The molecule has 1 fully saturated rings. The van der Waals surface area contributed by atoms with Gasteiger partial charge < -0.3 is 5.11 Å². The summed E-state index contributed by atoms with van der Waals surface area (Å²) in [4.78, 5) is 12.4. The Hall–Kier alpha value is -0.920. The van der Waals surface area contributed by atoms with Gasteiger partial charge >= 0.3 is 0 Å². The molecule has 1 aromatic carbocycles. The molecular weight excluding hydrogens is 358 g/mol. The van der Waals surface area contributed by atoms with Crippen LogP contribution in [0.1, 0.15) is 36.0 Å². The van der Waals surface area contributed by atoms with E-state index in [2.05, 4.69) is 15.9 Å². The highest BCUT2D eigenvalue weighted by atomic mass is 79.9. The third kappa shape index (κ3) is 2.41. The van der Waals surface area contributed by atoms with Crippen molar-refractivity contribution in [3.63, 3.8) is 0 Å². The van der Waals surface area contributed by atoms with Crippen molar-refractivity contribution in [2.45, 2.75) is 36.7 Å². The molecule has 0 saturated heterocycles. The third-order valence-corrected chi connectivity index (χ3v) is 7.02. The summed E-state index contributed by atoms with van der Waals surface area (Å²) in [6.45, 7) is 0.0590. The zero-order chi connectivity index (χ0) is 15.2. The van der Waals surface area contributed by atoms with Crippen molar-refractivity contribution in [1.82, 2.24) is 4.31 Å². The number of aliphatic hydroxyl groups is 1. The number of nitrogens with zero attached hydrogens (tertiary/aromatic N) is 1. The van der Waals surface area contributed by atoms with Crippen molar-refractivity contribution < 1.29 is 18.3 Å². The Labute approximate surface area is 132 Å². The van der Waals surface area contributed by atoms with Crippen molar-refractivity contribution in [2.75, 3.05) is 6.54 Å². The fraction of sp³-hybridized carbons (Fsp3) is 0.500. The fourth-order valence-electron chi connectivity index (χ4n) is 3.09. The molecule has 3 rings (SSSR count). The Kier molecular flexibility index (Phi) is 3.83. The second-order valence-corrected chi connectivity index (χ2v) is 8.22. The van der Waals surface area contributed by atoms with E-state index in [1.165, 1.54) is 6.07 Å². The quantitative estimate of drug-likeness (QED) is 0.861. The zero-order valence-electron chi connectivity index (χ0n) is 11.3. The average Bonchev–Trinajstić information content (AvgIpc) is 2.63. The molecule has 2 unspecified atom stereocenters. The minimum atomic E-state index is -3.82. The molecule has 1 aliphatic carbocycles. The second kappa shape index (κ2) is 5.37. The highest BCUT2D eigenvalue weighted by molar-refractivity contribution is 9.10. The number of fused-ring (bicyclic) bond motifs is 1. The number of halogens is 1. The summed E-state index contributed by atoms with van der Waals surface area (Å²) in [6.07, 6.45) is 2.79. The first-order valence-electron chi connectivity index (χ1n) is 6.96. The summed E-state index contributed by atoms with van der Waals surface area (Å²) >= 11 is 3.21. The molecule has 1 heterocycles. The Bertz CT molecular complexity index is 688. The van der Waals surface area contributed by atoms with Crippen LogP contribution in [0, 0.1) is 5.92 Å². The lowest BCUT2D eigenvalue weighted by molar-refractivity contribution is 0.0547. The molecule has 0 spiro atoms. The number of rotatable bonds is 2. The molecule has 0 bridgehead atoms. The topological polar surface area (TPSA) is 74.7 Å². The van der Waals surface area contributed by atoms with E-state index in [0.717, 1.165) is 23.6 Å². The summed E-state index contributed by atoms with van der Waals surface area (Å²) in [6, 6.07) is 4.79. The number of aliphatic hydroxyl groups excluding tert-OH is 1. The van der Waals surface area contributed by atoms with Crippen molar-refractivity contribution >= 4 is 31.9 Å². The van der Waals surface area contributed by atoms with Gasteiger partial charge in [-0.1, -0.05) is 18.9 Å². The van der Waals surface area contributed by atoms with Gasteiger partial charge in [0.2, 0.25) is 0 Å². The fourth-order valence-corrected chi connectivity index (χ4v) is 5.74. The van der Waals surface area contributed by atoms with Crippen LogP contribution in [0.4, 0.5) is 0 Å². The van der Waals surface area contributed by atoms with Crippen LogP contribution >= 0.6 is 15.9 Å². The summed E-state index contributed by atoms with van der Waals surface area (Å²) in [7, 11) is -3.82. The number of carbonyl (C=O) groups is 1. The van der Waals surface area contributed by atoms with E-state index in [0.29, 0.717) is 10.9 Å². The van der Waals surface area contributed by atoms with Gasteiger partial charge in [-0.3, -0.25) is 4.79 Å². The first kappa shape index (κ1) is 15.0. The molecule has 114 valence electrons. The van der Waals surface area contributed by atoms with E-state index >= 15 is 0 Å². The van der Waals surface area contributed by atoms with Crippen LogP contribution in [0.5, 0.6) is 0 Å². The number of carbonyl (C=O) groups excluding carboxylic acids is 1. The molecule has 1 N–H and O–H groups in total. The van der Waals surface area contributed by atoms with Crippen LogP contribution in [0.25, 0.3) is 0 Å². The monoisotopic (exact) mass is 373 g/mol. The smallest absolute Gasteiger partial charge is 0.269 e. The molecule has 0 radical (unpaired) electrons. The minimum absolute atomic E-state index is 0.0419. The van der Waals surface area contributed by atoms with Gasteiger partial charge in [0.1, 0.15) is 4.90 Å². The molecule has 2 aliphatic rings. The number of hydrogen-bond donors (Lipinski definition) is 1. The predicted octanol–water partition coefficient (Wildman–Crippen LogP) is 2.14. The standard InChI is InChI=1S/C14H16BrNO4S/c15-11-6-3-5-10-13(11)21(19,20)16(14(10)18)8-9-4-1-2-7-12(9)17/h3,5-6,9,12,17H,1-2,4,7-8H2. The Balaban J connectivity index is 1.95. The van der Waals surface area contributed by atoms with Gasteiger partial charge in [-0.15, -0.1) is 0 Å². The Morgan fingerprint density at radius 3 is 2.67 bits per heavy atom. The molecule has 7 heteroatoms. The number of hydrogen-bond acceptors (Lipinski definition) is 4.